The molecule has 7 heteroatoms. The first kappa shape index (κ1) is 14.0. The minimum atomic E-state index is -4.40. The number of nitrogens with zero attached hydrogens (tertiary/aromatic N) is 1. The van der Waals surface area contributed by atoms with Gasteiger partial charge in [0.25, 0.3) is 10.1 Å². The molecule has 6 nitrogen and oxygen atoms in total. The summed E-state index contributed by atoms with van der Waals surface area (Å²) >= 11 is 0. The van der Waals surface area contributed by atoms with Crippen LogP contribution in [0.15, 0.2) is 23.1 Å². The summed E-state index contributed by atoms with van der Waals surface area (Å²) < 4.78 is 32.0. The Bertz CT molecular complexity index is 611. The number of anilines is 1. The minimum absolute atomic E-state index is 0.130. The molecule has 19 heavy (non-hydrogen) atoms. The maximum absolute atomic E-state index is 11.8. The van der Waals surface area contributed by atoms with E-state index in [0.29, 0.717) is 5.56 Å². The van der Waals surface area contributed by atoms with Crippen molar-refractivity contribution in [3.8, 4) is 0 Å². The fourth-order valence-corrected chi connectivity index (χ4v) is 2.96. The fraction of sp³-hybridized carbons (Fsp3) is 0.417. The van der Waals surface area contributed by atoms with E-state index in [0.717, 1.165) is 0 Å². The van der Waals surface area contributed by atoms with E-state index in [9.17, 15) is 17.8 Å². The Labute approximate surface area is 111 Å². The Hall–Kier alpha value is -1.44. The molecule has 1 heterocycles. The van der Waals surface area contributed by atoms with E-state index in [-0.39, 0.29) is 42.0 Å². The fourth-order valence-electron chi connectivity index (χ4n) is 2.19. The number of carbonyl (C=O) groups is 1. The van der Waals surface area contributed by atoms with Gasteiger partial charge in [-0.2, -0.15) is 8.42 Å². The first-order valence-corrected chi connectivity index (χ1v) is 7.26. The van der Waals surface area contributed by atoms with Gasteiger partial charge >= 0.3 is 0 Å². The van der Waals surface area contributed by atoms with Crippen LogP contribution in [0.1, 0.15) is 12.0 Å². The highest BCUT2D eigenvalue weighted by molar-refractivity contribution is 7.86. The first-order chi connectivity index (χ1) is 8.82. The lowest BCUT2D eigenvalue weighted by atomic mass is 10.1. The van der Waals surface area contributed by atoms with Crippen LogP contribution in [0.2, 0.25) is 0 Å². The van der Waals surface area contributed by atoms with E-state index in [4.69, 9.17) is 5.11 Å². The van der Waals surface area contributed by atoms with Crippen LogP contribution >= 0.6 is 0 Å². The number of amides is 1. The van der Waals surface area contributed by atoms with Crippen LogP contribution in [-0.2, 0) is 14.9 Å². The predicted molar refractivity (Wildman–Crippen MR) is 68.5 cm³/mol. The van der Waals surface area contributed by atoms with Gasteiger partial charge in [-0.05, 0) is 24.6 Å². The third kappa shape index (κ3) is 2.78. The molecule has 1 saturated heterocycles. The van der Waals surface area contributed by atoms with Crippen molar-refractivity contribution < 1.29 is 22.9 Å². The topological polar surface area (TPSA) is 94.9 Å². The average Bonchev–Trinajstić information content (AvgIpc) is 2.69. The molecule has 2 rings (SSSR count). The highest BCUT2D eigenvalue weighted by Gasteiger charge is 2.33. The molecule has 0 radical (unpaired) electrons. The summed E-state index contributed by atoms with van der Waals surface area (Å²) in [5.74, 6) is -0.462. The highest BCUT2D eigenvalue weighted by atomic mass is 32.2. The summed E-state index contributed by atoms with van der Waals surface area (Å²) in [5.41, 5.74) is 0.829. The van der Waals surface area contributed by atoms with Gasteiger partial charge in [-0.1, -0.05) is 6.07 Å². The molecule has 104 valence electrons. The van der Waals surface area contributed by atoms with E-state index in [1.165, 1.54) is 17.0 Å². The van der Waals surface area contributed by atoms with Crippen LogP contribution in [0.4, 0.5) is 5.69 Å². The number of carbonyl (C=O) groups excluding carboxylic acids is 1. The molecule has 0 aromatic heterocycles. The van der Waals surface area contributed by atoms with Crippen LogP contribution in [0.25, 0.3) is 0 Å². The number of hydrogen-bond donors (Lipinski definition) is 2. The molecule has 0 bridgehead atoms. The maximum Gasteiger partial charge on any atom is 0.296 e. The molecule has 1 aliphatic rings. The number of aliphatic hydroxyl groups is 1. The standard InChI is InChI=1S/C12H15NO5S/c1-8-2-3-10(11(4-8)19(16,17)18)13-6-9(7-14)5-12(13)15/h2-4,9,14H,5-7H2,1H3,(H,16,17,18). The zero-order chi connectivity index (χ0) is 14.2. The summed E-state index contributed by atoms with van der Waals surface area (Å²) in [5, 5.41) is 9.08. The van der Waals surface area contributed by atoms with Crippen molar-refractivity contribution >= 4 is 21.7 Å². The number of benzene rings is 1. The molecule has 2 N–H and O–H groups in total. The minimum Gasteiger partial charge on any atom is -0.396 e. The van der Waals surface area contributed by atoms with Crippen molar-refractivity contribution in [2.45, 2.75) is 18.2 Å². The van der Waals surface area contributed by atoms with Crippen molar-refractivity contribution in [3.63, 3.8) is 0 Å². The second-order valence-electron chi connectivity index (χ2n) is 4.70. The largest absolute Gasteiger partial charge is 0.396 e. The number of aliphatic hydroxyl groups excluding tert-OH is 1. The van der Waals surface area contributed by atoms with Gasteiger partial charge < -0.3 is 10.0 Å². The average molecular weight is 285 g/mol. The van der Waals surface area contributed by atoms with Gasteiger partial charge in [0.1, 0.15) is 4.90 Å². The van der Waals surface area contributed by atoms with Gasteiger partial charge in [0, 0.05) is 25.5 Å². The van der Waals surface area contributed by atoms with Crippen LogP contribution < -0.4 is 4.90 Å². The molecule has 1 aromatic rings. The molecule has 1 unspecified atom stereocenters. The maximum atomic E-state index is 11.8. The second kappa shape index (κ2) is 4.92. The van der Waals surface area contributed by atoms with Crippen LogP contribution in [0.5, 0.6) is 0 Å². The van der Waals surface area contributed by atoms with Gasteiger partial charge in [-0.3, -0.25) is 9.35 Å². The van der Waals surface area contributed by atoms with E-state index in [1.54, 1.807) is 13.0 Å². The SMILES string of the molecule is Cc1ccc(N2CC(CO)CC2=O)c(S(=O)(=O)O)c1. The summed E-state index contributed by atoms with van der Waals surface area (Å²) in [4.78, 5) is 12.9. The first-order valence-electron chi connectivity index (χ1n) is 5.82. The molecule has 1 aliphatic heterocycles. The smallest absolute Gasteiger partial charge is 0.296 e. The van der Waals surface area contributed by atoms with Crippen molar-refractivity contribution in [1.29, 1.82) is 0 Å². The molecule has 1 fully saturated rings. The van der Waals surface area contributed by atoms with E-state index in [2.05, 4.69) is 0 Å². The normalized spacial score (nSPS) is 20.1. The van der Waals surface area contributed by atoms with Gasteiger partial charge in [0.15, 0.2) is 0 Å². The van der Waals surface area contributed by atoms with Gasteiger partial charge in [-0.15, -0.1) is 0 Å². The summed E-state index contributed by atoms with van der Waals surface area (Å²) in [6.07, 6.45) is 0.176. The Kier molecular flexibility index (Phi) is 3.62. The quantitative estimate of drug-likeness (QED) is 0.792. The van der Waals surface area contributed by atoms with Crippen LogP contribution in [0.3, 0.4) is 0 Å². The molecular formula is C12H15NO5S. The zero-order valence-corrected chi connectivity index (χ0v) is 11.2. The van der Waals surface area contributed by atoms with E-state index in [1.807, 2.05) is 0 Å². The van der Waals surface area contributed by atoms with E-state index >= 15 is 0 Å². The van der Waals surface area contributed by atoms with E-state index < -0.39 is 10.1 Å². The summed E-state index contributed by atoms with van der Waals surface area (Å²) in [6.45, 7) is 1.82. The Morgan fingerprint density at radius 2 is 2.11 bits per heavy atom. The van der Waals surface area contributed by atoms with Crippen molar-refractivity contribution in [2.24, 2.45) is 5.92 Å². The van der Waals surface area contributed by atoms with Gasteiger partial charge in [0.05, 0.1) is 5.69 Å². The lowest BCUT2D eigenvalue weighted by Gasteiger charge is -2.19. The molecular weight excluding hydrogens is 270 g/mol. The lowest BCUT2D eigenvalue weighted by molar-refractivity contribution is -0.117. The summed E-state index contributed by atoms with van der Waals surface area (Å²) in [7, 11) is -4.40. The Morgan fingerprint density at radius 3 is 2.63 bits per heavy atom. The third-order valence-corrected chi connectivity index (χ3v) is 4.03. The Balaban J connectivity index is 2.49. The van der Waals surface area contributed by atoms with Gasteiger partial charge in [0.2, 0.25) is 5.91 Å². The molecule has 1 amide bonds. The molecule has 1 aromatic carbocycles. The second-order valence-corrected chi connectivity index (χ2v) is 6.09. The number of hydrogen-bond acceptors (Lipinski definition) is 4. The van der Waals surface area contributed by atoms with Crippen molar-refractivity contribution in [3.05, 3.63) is 23.8 Å². The number of aryl methyl sites for hydroxylation is 1. The molecule has 0 spiro atoms. The van der Waals surface area contributed by atoms with Crippen molar-refractivity contribution in [2.75, 3.05) is 18.1 Å². The van der Waals surface area contributed by atoms with Crippen molar-refractivity contribution in [1.82, 2.24) is 0 Å². The number of rotatable bonds is 3. The molecule has 1 atom stereocenters. The third-order valence-electron chi connectivity index (χ3n) is 3.15. The molecule has 0 aliphatic carbocycles. The summed E-state index contributed by atoms with van der Waals surface area (Å²) in [6, 6.07) is 4.49. The highest BCUT2D eigenvalue weighted by Crippen LogP contribution is 2.31. The van der Waals surface area contributed by atoms with Gasteiger partial charge in [-0.25, -0.2) is 0 Å². The lowest BCUT2D eigenvalue weighted by Crippen LogP contribution is -2.26. The monoisotopic (exact) mass is 285 g/mol. The zero-order valence-electron chi connectivity index (χ0n) is 10.4. The van der Waals surface area contributed by atoms with Crippen LogP contribution in [0, 0.1) is 12.8 Å². The van der Waals surface area contributed by atoms with Crippen LogP contribution in [-0.4, -0.2) is 37.1 Å². The Morgan fingerprint density at radius 1 is 1.42 bits per heavy atom. The predicted octanol–water partition coefficient (Wildman–Crippen LogP) is 0.587. The molecule has 0 saturated carbocycles.